The van der Waals surface area contributed by atoms with Crippen LogP contribution in [0.4, 0.5) is 35.1 Å². The Morgan fingerprint density at radius 3 is 1.26 bits per heavy atom. The summed E-state index contributed by atoms with van der Waals surface area (Å²) in [6.45, 7) is 10.8. The highest BCUT2D eigenvalue weighted by atomic mass is 28.4. The molecule has 0 aliphatic carbocycles. The molecule has 0 saturated heterocycles. The average molecular weight is 518 g/mol. The van der Waals surface area contributed by atoms with Crippen LogP contribution in [0.5, 0.6) is 5.75 Å². The fraction of sp³-hybridized carbons (Fsp3) is 0.360. The molecule has 4 rings (SSSR count). The maximum absolute atomic E-state index is 15.5. The summed E-state index contributed by atoms with van der Waals surface area (Å²) >= 11 is 0. The van der Waals surface area contributed by atoms with E-state index in [1.54, 1.807) is 41.5 Å². The quantitative estimate of drug-likeness (QED) is 0.146. The molecule has 0 aromatic heterocycles. The molecule has 0 atom stereocenters. The number of hydrogen-bond acceptors (Lipinski definition) is 1. The Balaban J connectivity index is 2.34. The SMILES string of the molecule is CC(C)[Si](Oc1c(F)c(F)c2c(F)c(F)c3c(F)[c]c(F)c4c(F)c(F)c1c2c34)(C(C)C)C(C)C. The van der Waals surface area contributed by atoms with E-state index in [0.29, 0.717) is 0 Å². The third-order valence-electron chi connectivity index (χ3n) is 7.00. The van der Waals surface area contributed by atoms with Gasteiger partial charge < -0.3 is 4.43 Å². The van der Waals surface area contributed by atoms with Crippen molar-refractivity contribution < 1.29 is 39.5 Å². The number of halogens is 8. The maximum Gasteiger partial charge on any atom is 0.258 e. The lowest BCUT2D eigenvalue weighted by Gasteiger charge is -2.42. The summed E-state index contributed by atoms with van der Waals surface area (Å²) < 4.78 is 126. The van der Waals surface area contributed by atoms with Crippen molar-refractivity contribution in [3.05, 3.63) is 52.6 Å². The van der Waals surface area contributed by atoms with E-state index in [-0.39, 0.29) is 16.6 Å². The molecule has 0 bridgehead atoms. The van der Waals surface area contributed by atoms with Crippen LogP contribution in [0, 0.1) is 52.6 Å². The molecule has 0 fully saturated rings. The molecular formula is C25H21F8OSi. The van der Waals surface area contributed by atoms with Crippen molar-refractivity contribution in [1.82, 2.24) is 0 Å². The third kappa shape index (κ3) is 3.17. The van der Waals surface area contributed by atoms with E-state index in [2.05, 4.69) is 0 Å². The summed E-state index contributed by atoms with van der Waals surface area (Å²) in [7, 11) is -3.14. The van der Waals surface area contributed by atoms with Gasteiger partial charge in [-0.25, -0.2) is 30.7 Å². The van der Waals surface area contributed by atoms with E-state index in [4.69, 9.17) is 4.43 Å². The molecule has 0 saturated carbocycles. The average Bonchev–Trinajstić information content (AvgIpc) is 2.75. The molecule has 1 radical (unpaired) electrons. The predicted molar refractivity (Wildman–Crippen MR) is 120 cm³/mol. The second-order valence-corrected chi connectivity index (χ2v) is 15.0. The minimum atomic E-state index is -3.14. The van der Waals surface area contributed by atoms with Gasteiger partial charge in [-0.3, -0.25) is 0 Å². The second-order valence-electron chi connectivity index (χ2n) is 9.64. The van der Waals surface area contributed by atoms with Gasteiger partial charge in [0.25, 0.3) is 8.32 Å². The van der Waals surface area contributed by atoms with Crippen molar-refractivity contribution in [2.24, 2.45) is 0 Å². The van der Waals surface area contributed by atoms with E-state index in [1.807, 2.05) is 0 Å². The van der Waals surface area contributed by atoms with E-state index in [0.717, 1.165) is 0 Å². The normalized spacial score (nSPS) is 13.1. The van der Waals surface area contributed by atoms with E-state index < -0.39 is 92.9 Å². The second kappa shape index (κ2) is 8.21. The number of rotatable bonds is 5. The van der Waals surface area contributed by atoms with Crippen LogP contribution in [0.15, 0.2) is 0 Å². The lowest BCUT2D eigenvalue weighted by atomic mass is 9.91. The van der Waals surface area contributed by atoms with Gasteiger partial charge in [0, 0.05) is 10.8 Å². The lowest BCUT2D eigenvalue weighted by molar-refractivity contribution is 0.424. The Hall–Kier alpha value is -2.62. The van der Waals surface area contributed by atoms with E-state index >= 15 is 17.6 Å². The first kappa shape index (κ1) is 25.5. The monoisotopic (exact) mass is 517 g/mol. The Morgan fingerprint density at radius 2 is 0.829 bits per heavy atom. The zero-order valence-corrected chi connectivity index (χ0v) is 20.7. The molecule has 0 unspecified atom stereocenters. The van der Waals surface area contributed by atoms with Gasteiger partial charge in [-0.2, -0.15) is 4.39 Å². The molecule has 0 spiro atoms. The highest BCUT2D eigenvalue weighted by molar-refractivity contribution is 6.78. The molecule has 10 heteroatoms. The van der Waals surface area contributed by atoms with Crippen LogP contribution in [0.3, 0.4) is 0 Å². The summed E-state index contributed by atoms with van der Waals surface area (Å²) in [4.78, 5) is 0. The van der Waals surface area contributed by atoms with Crippen molar-refractivity contribution in [2.75, 3.05) is 0 Å². The highest BCUT2D eigenvalue weighted by Crippen LogP contribution is 2.50. The molecule has 0 aliphatic rings. The predicted octanol–water partition coefficient (Wildman–Crippen LogP) is 9.05. The summed E-state index contributed by atoms with van der Waals surface area (Å²) in [6, 6.07) is 1.40. The lowest BCUT2D eigenvalue weighted by Crippen LogP contribution is -2.51. The zero-order chi connectivity index (χ0) is 26.3. The molecular weight excluding hydrogens is 496 g/mol. The Bertz CT molecular complexity index is 1450. The van der Waals surface area contributed by atoms with Crippen molar-refractivity contribution in [3.8, 4) is 5.75 Å². The fourth-order valence-corrected chi connectivity index (χ4v) is 10.9. The van der Waals surface area contributed by atoms with Gasteiger partial charge in [-0.05, 0) is 16.6 Å². The molecule has 4 aromatic rings. The van der Waals surface area contributed by atoms with Crippen molar-refractivity contribution in [1.29, 1.82) is 0 Å². The Labute approximate surface area is 197 Å². The molecule has 4 aromatic carbocycles. The van der Waals surface area contributed by atoms with Crippen LogP contribution < -0.4 is 4.43 Å². The topological polar surface area (TPSA) is 9.23 Å². The molecule has 0 N–H and O–H groups in total. The smallest absolute Gasteiger partial charge is 0.258 e. The summed E-state index contributed by atoms with van der Waals surface area (Å²) in [5, 5.41) is -6.82. The molecule has 35 heavy (non-hydrogen) atoms. The van der Waals surface area contributed by atoms with Crippen molar-refractivity contribution in [2.45, 2.75) is 58.2 Å². The molecule has 0 aliphatic heterocycles. The maximum atomic E-state index is 15.5. The van der Waals surface area contributed by atoms with E-state index in [9.17, 15) is 17.6 Å². The standard InChI is InChI=1S/C25H21F8OSi/c1-8(2)35(9(3)4,10(5)6)34-25-18-16-15-13(19(28)21(30)17(16)22(31)24(25)33)11(26)7-12(27)14(15)20(29)23(18)32/h8-10H,1-6H3. The van der Waals surface area contributed by atoms with Gasteiger partial charge >= 0.3 is 0 Å². The first-order valence-corrected chi connectivity index (χ1v) is 13.1. The van der Waals surface area contributed by atoms with Gasteiger partial charge in [0.15, 0.2) is 34.8 Å². The van der Waals surface area contributed by atoms with Crippen LogP contribution in [0.2, 0.25) is 16.6 Å². The van der Waals surface area contributed by atoms with Gasteiger partial charge in [-0.1, -0.05) is 41.5 Å². The number of hydrogen-bond donors (Lipinski definition) is 0. The van der Waals surface area contributed by atoms with Crippen LogP contribution in [0.25, 0.3) is 32.3 Å². The van der Waals surface area contributed by atoms with Gasteiger partial charge in [0.05, 0.1) is 27.6 Å². The molecule has 0 heterocycles. The van der Waals surface area contributed by atoms with Crippen LogP contribution in [0.1, 0.15) is 41.5 Å². The van der Waals surface area contributed by atoms with Gasteiger partial charge in [0.1, 0.15) is 11.6 Å². The van der Waals surface area contributed by atoms with Crippen molar-refractivity contribution in [3.63, 3.8) is 0 Å². The first-order valence-electron chi connectivity index (χ1n) is 11.0. The third-order valence-corrected chi connectivity index (χ3v) is 13.0. The molecule has 0 amide bonds. The summed E-state index contributed by atoms with van der Waals surface area (Å²) in [5.41, 5.74) is -0.680. The highest BCUT2D eigenvalue weighted by Gasteiger charge is 2.48. The van der Waals surface area contributed by atoms with Crippen LogP contribution >= 0.6 is 0 Å². The largest absolute Gasteiger partial charge is 0.540 e. The minimum absolute atomic E-state index is 0.227. The van der Waals surface area contributed by atoms with Crippen LogP contribution in [-0.2, 0) is 0 Å². The first-order chi connectivity index (χ1) is 16.2. The van der Waals surface area contributed by atoms with E-state index in [1.165, 1.54) is 6.07 Å². The zero-order valence-electron chi connectivity index (χ0n) is 19.7. The van der Waals surface area contributed by atoms with Crippen molar-refractivity contribution >= 4 is 40.6 Å². The minimum Gasteiger partial charge on any atom is -0.540 e. The molecule has 187 valence electrons. The Kier molecular flexibility index (Phi) is 5.98. The number of benzene rings is 4. The van der Waals surface area contributed by atoms with Gasteiger partial charge in [0.2, 0.25) is 5.82 Å². The van der Waals surface area contributed by atoms with Crippen LogP contribution in [-0.4, -0.2) is 8.32 Å². The van der Waals surface area contributed by atoms with Gasteiger partial charge in [-0.15, -0.1) is 0 Å². The fourth-order valence-electron chi connectivity index (χ4n) is 5.63. The summed E-state index contributed by atoms with van der Waals surface area (Å²) in [6.07, 6.45) is 0. The molecule has 1 nitrogen and oxygen atoms in total. The summed E-state index contributed by atoms with van der Waals surface area (Å²) in [5.74, 6) is -16.1. The Morgan fingerprint density at radius 1 is 0.486 bits per heavy atom.